The first kappa shape index (κ1) is 12.1. The first-order valence-electron chi connectivity index (χ1n) is 5.66. The number of rotatable bonds is 5. The van der Waals surface area contributed by atoms with Gasteiger partial charge in [0.05, 0.1) is 0 Å². The second kappa shape index (κ2) is 6.39. The van der Waals surface area contributed by atoms with Gasteiger partial charge in [-0.3, -0.25) is 0 Å². The molecule has 0 fully saturated rings. The molecule has 0 saturated heterocycles. The van der Waals surface area contributed by atoms with Crippen molar-refractivity contribution in [3.63, 3.8) is 0 Å². The van der Waals surface area contributed by atoms with Gasteiger partial charge in [-0.2, -0.15) is 0 Å². The summed E-state index contributed by atoms with van der Waals surface area (Å²) in [5, 5.41) is 3.70. The van der Waals surface area contributed by atoms with E-state index in [0.717, 1.165) is 5.56 Å². The summed E-state index contributed by atoms with van der Waals surface area (Å²) in [4.78, 5) is 9.18. The molecule has 0 aliphatic heterocycles. The predicted molar refractivity (Wildman–Crippen MR) is 69.8 cm³/mol. The van der Waals surface area contributed by atoms with Crippen molar-refractivity contribution in [2.45, 2.75) is 13.5 Å². The van der Waals surface area contributed by atoms with Gasteiger partial charge in [-0.15, -0.1) is 0 Å². The van der Waals surface area contributed by atoms with Crippen molar-refractivity contribution in [2.24, 2.45) is 5.16 Å². The molecule has 2 rings (SSSR count). The number of hydrogen-bond acceptors (Lipinski definition) is 4. The molecule has 1 aromatic carbocycles. The Hall–Kier alpha value is -2.36. The van der Waals surface area contributed by atoms with Gasteiger partial charge in [0.15, 0.2) is 5.75 Å². The van der Waals surface area contributed by atoms with Gasteiger partial charge in [0.25, 0.3) is 0 Å². The van der Waals surface area contributed by atoms with Gasteiger partial charge in [0.1, 0.15) is 6.61 Å². The van der Waals surface area contributed by atoms with Gasteiger partial charge in [-0.05, 0) is 30.7 Å². The maximum absolute atomic E-state index is 5.53. The van der Waals surface area contributed by atoms with Crippen LogP contribution in [-0.2, 0) is 6.61 Å². The molecule has 0 spiro atoms. The van der Waals surface area contributed by atoms with Crippen molar-refractivity contribution in [3.05, 3.63) is 54.2 Å². The topological polar surface area (TPSA) is 43.7 Å². The lowest BCUT2D eigenvalue weighted by Crippen LogP contribution is -1.96. The molecule has 0 radical (unpaired) electrons. The molecular formula is C14H14N2O2. The Morgan fingerprint density at radius 1 is 1.17 bits per heavy atom. The molecule has 92 valence electrons. The predicted octanol–water partition coefficient (Wildman–Crippen LogP) is 3.05. The number of aromatic nitrogens is 1. The molecule has 1 aromatic heterocycles. The van der Waals surface area contributed by atoms with Crippen LogP contribution in [0, 0.1) is 0 Å². The third-order valence-electron chi connectivity index (χ3n) is 2.21. The Balaban J connectivity index is 1.90. The van der Waals surface area contributed by atoms with Crippen molar-refractivity contribution in [3.8, 4) is 11.6 Å². The first-order chi connectivity index (χ1) is 8.88. The molecule has 0 bridgehead atoms. The maximum Gasteiger partial charge on any atom is 0.213 e. The lowest BCUT2D eigenvalue weighted by Gasteiger charge is -2.05. The van der Waals surface area contributed by atoms with Crippen LogP contribution in [0.1, 0.15) is 12.5 Å². The van der Waals surface area contributed by atoms with Crippen molar-refractivity contribution >= 4 is 6.21 Å². The molecule has 18 heavy (non-hydrogen) atoms. The minimum absolute atomic E-state index is 0.480. The van der Waals surface area contributed by atoms with Gasteiger partial charge in [-0.1, -0.05) is 23.4 Å². The highest BCUT2D eigenvalue weighted by atomic mass is 16.6. The zero-order chi connectivity index (χ0) is 12.6. The minimum Gasteiger partial charge on any atom is -0.473 e. The van der Waals surface area contributed by atoms with Gasteiger partial charge in [0, 0.05) is 18.5 Å². The lowest BCUT2D eigenvalue weighted by atomic mass is 10.2. The first-order valence-corrected chi connectivity index (χ1v) is 5.66. The molecule has 4 heteroatoms. The summed E-state index contributed by atoms with van der Waals surface area (Å²) in [6, 6.07) is 13.1. The number of ether oxygens (including phenoxy) is 1. The van der Waals surface area contributed by atoms with E-state index < -0.39 is 0 Å². The molecule has 0 amide bonds. The van der Waals surface area contributed by atoms with Crippen molar-refractivity contribution in [2.75, 3.05) is 0 Å². The van der Waals surface area contributed by atoms with Crippen LogP contribution < -0.4 is 9.57 Å². The van der Waals surface area contributed by atoms with E-state index in [1.54, 1.807) is 19.3 Å². The van der Waals surface area contributed by atoms with E-state index >= 15 is 0 Å². The molecule has 0 aliphatic carbocycles. The minimum atomic E-state index is 0.480. The van der Waals surface area contributed by atoms with Gasteiger partial charge in [0.2, 0.25) is 5.88 Å². The molecule has 0 saturated carbocycles. The molecule has 2 aromatic rings. The van der Waals surface area contributed by atoms with E-state index in [-0.39, 0.29) is 0 Å². The van der Waals surface area contributed by atoms with E-state index in [0.29, 0.717) is 18.2 Å². The summed E-state index contributed by atoms with van der Waals surface area (Å²) in [5.41, 5.74) is 1.05. The molecule has 4 nitrogen and oxygen atoms in total. The molecule has 1 heterocycles. The normalized spacial score (nSPS) is 10.5. The lowest BCUT2D eigenvalue weighted by molar-refractivity contribution is 0.293. The average Bonchev–Trinajstić information content (AvgIpc) is 2.45. The molecule has 0 N–H and O–H groups in total. The van der Waals surface area contributed by atoms with E-state index in [4.69, 9.17) is 9.57 Å². The van der Waals surface area contributed by atoms with Crippen LogP contribution in [-0.4, -0.2) is 11.2 Å². The molecule has 0 atom stereocenters. The van der Waals surface area contributed by atoms with E-state index in [9.17, 15) is 0 Å². The summed E-state index contributed by atoms with van der Waals surface area (Å²) in [5.74, 6) is 1.32. The van der Waals surface area contributed by atoms with Crippen LogP contribution in [0.25, 0.3) is 0 Å². The zero-order valence-electron chi connectivity index (χ0n) is 10.1. The highest BCUT2D eigenvalue weighted by molar-refractivity contribution is 5.52. The Kier molecular flexibility index (Phi) is 4.30. The van der Waals surface area contributed by atoms with Crippen LogP contribution in [0.5, 0.6) is 11.6 Å². The molecule has 0 unspecified atom stereocenters. The number of nitrogens with zero attached hydrogens (tertiary/aromatic N) is 2. The smallest absolute Gasteiger partial charge is 0.213 e. The van der Waals surface area contributed by atoms with Crippen molar-refractivity contribution in [1.82, 2.24) is 4.98 Å². The Morgan fingerprint density at radius 2 is 2.00 bits per heavy atom. The van der Waals surface area contributed by atoms with Crippen LogP contribution in [0.3, 0.4) is 0 Å². The Morgan fingerprint density at radius 3 is 2.67 bits per heavy atom. The van der Waals surface area contributed by atoms with Crippen LogP contribution in [0.4, 0.5) is 0 Å². The SMILES string of the molecule is CC=NOc1ccc(COc2ccccn2)cc1. The average molecular weight is 242 g/mol. The summed E-state index contributed by atoms with van der Waals surface area (Å²) < 4.78 is 5.53. The quantitative estimate of drug-likeness (QED) is 0.598. The number of benzene rings is 1. The summed E-state index contributed by atoms with van der Waals surface area (Å²) in [6.45, 7) is 2.28. The number of pyridine rings is 1. The summed E-state index contributed by atoms with van der Waals surface area (Å²) >= 11 is 0. The van der Waals surface area contributed by atoms with Gasteiger partial charge >= 0.3 is 0 Å². The van der Waals surface area contributed by atoms with Crippen molar-refractivity contribution < 1.29 is 9.57 Å². The monoisotopic (exact) mass is 242 g/mol. The van der Waals surface area contributed by atoms with E-state index in [2.05, 4.69) is 10.1 Å². The van der Waals surface area contributed by atoms with E-state index in [1.165, 1.54) is 0 Å². The summed E-state index contributed by atoms with van der Waals surface area (Å²) in [6.07, 6.45) is 3.30. The van der Waals surface area contributed by atoms with Crippen molar-refractivity contribution in [1.29, 1.82) is 0 Å². The molecular weight excluding hydrogens is 228 g/mol. The largest absolute Gasteiger partial charge is 0.473 e. The Bertz CT molecular complexity index is 495. The second-order valence-electron chi connectivity index (χ2n) is 3.56. The fraction of sp³-hybridized carbons (Fsp3) is 0.143. The summed E-state index contributed by atoms with van der Waals surface area (Å²) in [7, 11) is 0. The van der Waals surface area contributed by atoms with Crippen LogP contribution in [0.15, 0.2) is 53.8 Å². The van der Waals surface area contributed by atoms with Gasteiger partial charge < -0.3 is 9.57 Å². The maximum atomic E-state index is 5.53. The molecule has 0 aliphatic rings. The zero-order valence-corrected chi connectivity index (χ0v) is 10.1. The number of oxime groups is 1. The Labute approximate surface area is 106 Å². The fourth-order valence-corrected chi connectivity index (χ4v) is 1.35. The van der Waals surface area contributed by atoms with E-state index in [1.807, 2.05) is 42.5 Å². The third-order valence-corrected chi connectivity index (χ3v) is 2.21. The highest BCUT2D eigenvalue weighted by Gasteiger charge is 1.97. The van der Waals surface area contributed by atoms with Gasteiger partial charge in [-0.25, -0.2) is 4.98 Å². The fourth-order valence-electron chi connectivity index (χ4n) is 1.35. The number of hydrogen-bond donors (Lipinski definition) is 0. The second-order valence-corrected chi connectivity index (χ2v) is 3.56. The standard InChI is InChI=1S/C14H14N2O2/c1-2-16-18-13-8-6-12(7-9-13)11-17-14-5-3-4-10-15-14/h2-10H,11H2,1H3. The highest BCUT2D eigenvalue weighted by Crippen LogP contribution is 2.14. The third kappa shape index (κ3) is 3.59. The van der Waals surface area contributed by atoms with Crippen LogP contribution >= 0.6 is 0 Å². The van der Waals surface area contributed by atoms with Crippen LogP contribution in [0.2, 0.25) is 0 Å².